The van der Waals surface area contributed by atoms with Crippen LogP contribution in [0.3, 0.4) is 0 Å². The van der Waals surface area contributed by atoms with Gasteiger partial charge in [0.2, 0.25) is 11.8 Å². The predicted molar refractivity (Wildman–Crippen MR) is 105 cm³/mol. The summed E-state index contributed by atoms with van der Waals surface area (Å²) < 4.78 is 30.3. The Balaban J connectivity index is 1.44. The molecule has 9 heteroatoms. The molecule has 0 radical (unpaired) electrons. The number of nitrogens with zero attached hydrogens (tertiary/aromatic N) is 3. The number of aromatic nitrogens is 3. The summed E-state index contributed by atoms with van der Waals surface area (Å²) in [7, 11) is 1.50. The lowest BCUT2D eigenvalue weighted by Gasteiger charge is -2.13. The van der Waals surface area contributed by atoms with Gasteiger partial charge in [-0.3, -0.25) is 4.79 Å². The second-order valence-electron chi connectivity index (χ2n) is 7.13. The van der Waals surface area contributed by atoms with Crippen molar-refractivity contribution in [3.05, 3.63) is 52.7 Å². The maximum absolute atomic E-state index is 14.2. The summed E-state index contributed by atoms with van der Waals surface area (Å²) >= 11 is 0. The normalized spacial score (nSPS) is 14.9. The second kappa shape index (κ2) is 8.10. The Morgan fingerprint density at radius 3 is 2.80 bits per heavy atom. The van der Waals surface area contributed by atoms with Crippen LogP contribution >= 0.6 is 0 Å². The minimum Gasteiger partial charge on any atom is -0.487 e. The smallest absolute Gasteiger partial charge is 0.233 e. The molecule has 0 saturated heterocycles. The molecule has 0 bridgehead atoms. The topological polar surface area (TPSA) is 99.4 Å². The van der Waals surface area contributed by atoms with E-state index >= 15 is 0 Å². The zero-order valence-corrected chi connectivity index (χ0v) is 16.9. The fourth-order valence-electron chi connectivity index (χ4n) is 3.48. The number of aryl methyl sites for hydroxylation is 2. The van der Waals surface area contributed by atoms with Crippen molar-refractivity contribution in [1.29, 1.82) is 0 Å². The monoisotopic (exact) mass is 412 g/mol. The first-order chi connectivity index (χ1) is 14.4. The van der Waals surface area contributed by atoms with Crippen molar-refractivity contribution >= 4 is 5.91 Å². The Kier molecular flexibility index (Phi) is 5.35. The Hall–Kier alpha value is -3.49. The van der Waals surface area contributed by atoms with Crippen LogP contribution in [0.1, 0.15) is 22.6 Å². The fraction of sp³-hybridized carbons (Fsp3) is 0.333. The van der Waals surface area contributed by atoms with Gasteiger partial charge < -0.3 is 19.3 Å². The molecule has 0 fully saturated rings. The Morgan fingerprint density at radius 1 is 1.30 bits per heavy atom. The fourth-order valence-corrected chi connectivity index (χ4v) is 3.48. The molecule has 8 nitrogen and oxygen atoms in total. The molecule has 2 aromatic heterocycles. The van der Waals surface area contributed by atoms with Gasteiger partial charge in [0.1, 0.15) is 23.4 Å². The molecule has 3 aromatic rings. The first kappa shape index (κ1) is 19.8. The van der Waals surface area contributed by atoms with Gasteiger partial charge in [-0.05, 0) is 32.0 Å². The van der Waals surface area contributed by atoms with Crippen molar-refractivity contribution in [3.8, 4) is 22.9 Å². The number of hydrogen-bond donors (Lipinski definition) is 1. The number of carbonyl (C=O) groups excluding carboxylic acids is 1. The average molecular weight is 412 g/mol. The molecule has 1 aliphatic rings. The highest BCUT2D eigenvalue weighted by molar-refractivity contribution is 5.79. The van der Waals surface area contributed by atoms with E-state index in [1.54, 1.807) is 26.0 Å². The minimum atomic E-state index is -0.381. The lowest BCUT2D eigenvalue weighted by atomic mass is 10.0. The molecular formula is C21H21FN4O4. The van der Waals surface area contributed by atoms with Gasteiger partial charge in [0, 0.05) is 29.2 Å². The van der Waals surface area contributed by atoms with Crippen LogP contribution < -0.4 is 14.8 Å². The van der Waals surface area contributed by atoms with Gasteiger partial charge in [0.25, 0.3) is 0 Å². The predicted octanol–water partition coefficient (Wildman–Crippen LogP) is 2.56. The summed E-state index contributed by atoms with van der Waals surface area (Å²) in [5.41, 5.74) is 3.21. The van der Waals surface area contributed by atoms with Crippen LogP contribution in [0.25, 0.3) is 11.3 Å². The number of amides is 1. The van der Waals surface area contributed by atoms with Crippen LogP contribution in [-0.2, 0) is 17.6 Å². The number of rotatable bonds is 6. The minimum absolute atomic E-state index is 0.156. The molecule has 1 atom stereocenters. The second-order valence-corrected chi connectivity index (χ2v) is 7.13. The van der Waals surface area contributed by atoms with Crippen LogP contribution in [-0.4, -0.2) is 41.0 Å². The summed E-state index contributed by atoms with van der Waals surface area (Å²) in [6.45, 7) is 3.87. The number of nitrogens with one attached hydrogen (secondary N) is 1. The standard InChI is InChI=1S/C21H21FN4O4/c1-11-16(12(2)30-26-11)9-19(27)23-10-15-7-13-6-14(22)8-17(21(13)29-15)18-4-5-20(28-3)25-24-18/h4-6,8,15H,7,9-10H2,1-3H3,(H,23,27). The molecule has 1 unspecified atom stereocenters. The summed E-state index contributed by atoms with van der Waals surface area (Å²) in [5.74, 6) is 1.02. The van der Waals surface area contributed by atoms with Gasteiger partial charge >= 0.3 is 0 Å². The van der Waals surface area contributed by atoms with Crippen molar-refractivity contribution in [3.63, 3.8) is 0 Å². The average Bonchev–Trinajstić information content (AvgIpc) is 3.29. The number of methoxy groups -OCH3 is 1. The van der Waals surface area contributed by atoms with E-state index in [1.165, 1.54) is 19.2 Å². The van der Waals surface area contributed by atoms with Crippen molar-refractivity contribution in [2.45, 2.75) is 32.8 Å². The van der Waals surface area contributed by atoms with Crippen molar-refractivity contribution < 1.29 is 23.2 Å². The van der Waals surface area contributed by atoms with Crippen LogP contribution in [0.4, 0.5) is 4.39 Å². The first-order valence-corrected chi connectivity index (χ1v) is 9.50. The summed E-state index contributed by atoms with van der Waals surface area (Å²) in [6, 6.07) is 6.17. The largest absolute Gasteiger partial charge is 0.487 e. The number of halogens is 1. The Labute approximate surface area is 172 Å². The molecule has 1 N–H and O–H groups in total. The molecular weight excluding hydrogens is 391 g/mol. The highest BCUT2D eigenvalue weighted by atomic mass is 19.1. The molecule has 3 heterocycles. The number of ether oxygens (including phenoxy) is 2. The van der Waals surface area contributed by atoms with E-state index in [-0.39, 0.29) is 24.2 Å². The van der Waals surface area contributed by atoms with Gasteiger partial charge in [-0.1, -0.05) is 5.16 Å². The number of benzene rings is 1. The van der Waals surface area contributed by atoms with Gasteiger partial charge in [-0.15, -0.1) is 10.2 Å². The molecule has 1 amide bonds. The zero-order valence-electron chi connectivity index (χ0n) is 16.9. The highest BCUT2D eigenvalue weighted by Crippen LogP contribution is 2.39. The molecule has 4 rings (SSSR count). The van der Waals surface area contributed by atoms with Gasteiger partial charge in [-0.25, -0.2) is 4.39 Å². The number of hydrogen-bond acceptors (Lipinski definition) is 7. The van der Waals surface area contributed by atoms with Gasteiger partial charge in [0.15, 0.2) is 0 Å². The highest BCUT2D eigenvalue weighted by Gasteiger charge is 2.28. The third-order valence-electron chi connectivity index (χ3n) is 5.03. The van der Waals surface area contributed by atoms with E-state index in [0.717, 1.165) is 11.1 Å². The molecule has 30 heavy (non-hydrogen) atoms. The zero-order chi connectivity index (χ0) is 21.3. The SMILES string of the molecule is COc1ccc(-c2cc(F)cc3c2OC(CNC(=O)Cc2c(C)noc2C)C3)nn1. The van der Waals surface area contributed by atoms with E-state index < -0.39 is 0 Å². The van der Waals surface area contributed by atoms with Crippen LogP contribution in [0.2, 0.25) is 0 Å². The van der Waals surface area contributed by atoms with Crippen molar-refractivity contribution in [1.82, 2.24) is 20.7 Å². The van der Waals surface area contributed by atoms with E-state index in [0.29, 0.717) is 47.3 Å². The van der Waals surface area contributed by atoms with E-state index in [2.05, 4.69) is 20.7 Å². The van der Waals surface area contributed by atoms with Crippen LogP contribution in [0.15, 0.2) is 28.8 Å². The van der Waals surface area contributed by atoms with E-state index in [4.69, 9.17) is 14.0 Å². The third-order valence-corrected chi connectivity index (χ3v) is 5.03. The van der Waals surface area contributed by atoms with E-state index in [9.17, 15) is 9.18 Å². The van der Waals surface area contributed by atoms with Gasteiger partial charge in [0.05, 0.1) is 31.5 Å². The van der Waals surface area contributed by atoms with Crippen LogP contribution in [0, 0.1) is 19.7 Å². The summed E-state index contributed by atoms with van der Waals surface area (Å²) in [6.07, 6.45) is 0.359. The molecule has 0 aliphatic carbocycles. The lowest BCUT2D eigenvalue weighted by molar-refractivity contribution is -0.120. The Morgan fingerprint density at radius 2 is 2.13 bits per heavy atom. The maximum Gasteiger partial charge on any atom is 0.233 e. The van der Waals surface area contributed by atoms with Gasteiger partial charge in [-0.2, -0.15) is 0 Å². The molecule has 1 aliphatic heterocycles. The van der Waals surface area contributed by atoms with Crippen LogP contribution in [0.5, 0.6) is 11.6 Å². The van der Waals surface area contributed by atoms with Crippen molar-refractivity contribution in [2.24, 2.45) is 0 Å². The lowest BCUT2D eigenvalue weighted by Crippen LogP contribution is -2.35. The number of fused-ring (bicyclic) bond motifs is 1. The maximum atomic E-state index is 14.2. The van der Waals surface area contributed by atoms with E-state index in [1.807, 2.05) is 0 Å². The molecule has 0 saturated carbocycles. The summed E-state index contributed by atoms with van der Waals surface area (Å²) in [5, 5.41) is 14.8. The molecule has 1 aromatic carbocycles. The summed E-state index contributed by atoms with van der Waals surface area (Å²) in [4.78, 5) is 12.3. The quantitative estimate of drug-likeness (QED) is 0.664. The van der Waals surface area contributed by atoms with Crippen molar-refractivity contribution in [2.75, 3.05) is 13.7 Å². The first-order valence-electron chi connectivity index (χ1n) is 9.50. The molecule has 156 valence electrons. The number of carbonyl (C=O) groups is 1. The third kappa shape index (κ3) is 3.96. The molecule has 0 spiro atoms. The Bertz CT molecular complexity index is 1060.